The molecule has 0 fully saturated rings. The number of nitrogens with zero attached hydrogens (tertiary/aromatic N) is 2. The second kappa shape index (κ2) is 10.1. The first-order valence-electron chi connectivity index (χ1n) is 8.79. The zero-order valence-corrected chi connectivity index (χ0v) is 17.9. The van der Waals surface area contributed by atoms with Crippen molar-refractivity contribution in [3.8, 4) is 11.3 Å². The number of nitrogens with two attached hydrogens (primary N) is 1. The lowest BCUT2D eigenvalue weighted by molar-refractivity contribution is 0.867. The summed E-state index contributed by atoms with van der Waals surface area (Å²) in [6.07, 6.45) is 1.80. The Bertz CT molecular complexity index is 892. The van der Waals surface area contributed by atoms with Crippen LogP contribution < -0.4 is 11.1 Å². The maximum absolute atomic E-state index is 6.06. The van der Waals surface area contributed by atoms with Crippen LogP contribution in [-0.4, -0.2) is 10.9 Å². The molecule has 3 aromatic rings. The van der Waals surface area contributed by atoms with Crippen molar-refractivity contribution in [2.75, 3.05) is 5.32 Å². The summed E-state index contributed by atoms with van der Waals surface area (Å²) in [4.78, 5) is 8.85. The normalized spacial score (nSPS) is 11.1. The molecule has 0 saturated heterocycles. The Balaban J connectivity index is 0.00000261. The fourth-order valence-corrected chi connectivity index (χ4v) is 2.70. The molecule has 0 aliphatic heterocycles. The number of guanidine groups is 1. The molecular formula is C22H25IN4. The van der Waals surface area contributed by atoms with E-state index in [9.17, 15) is 0 Å². The van der Waals surface area contributed by atoms with Crippen LogP contribution in [0.4, 0.5) is 5.69 Å². The average Bonchev–Trinajstić information content (AvgIpc) is 2.67. The van der Waals surface area contributed by atoms with E-state index in [-0.39, 0.29) is 24.0 Å². The Kier molecular flexibility index (Phi) is 7.79. The van der Waals surface area contributed by atoms with E-state index in [2.05, 4.69) is 53.4 Å². The van der Waals surface area contributed by atoms with Crippen molar-refractivity contribution in [1.29, 1.82) is 0 Å². The topological polar surface area (TPSA) is 63.3 Å². The third-order valence-electron chi connectivity index (χ3n) is 4.15. The zero-order valence-electron chi connectivity index (χ0n) is 15.6. The van der Waals surface area contributed by atoms with E-state index in [0.29, 0.717) is 18.4 Å². The molecule has 0 atom stereocenters. The Labute approximate surface area is 178 Å². The highest BCUT2D eigenvalue weighted by molar-refractivity contribution is 14.0. The molecule has 1 aromatic heterocycles. The van der Waals surface area contributed by atoms with Gasteiger partial charge in [0.1, 0.15) is 0 Å². The molecule has 0 saturated carbocycles. The SMILES string of the molecule is CC(C)c1cccc(NC(N)=NCc2cccc(-c3ccccn3)c2)c1.I. The number of nitrogens with one attached hydrogen (secondary N) is 1. The molecule has 0 aliphatic carbocycles. The van der Waals surface area contributed by atoms with Crippen molar-refractivity contribution in [2.24, 2.45) is 10.7 Å². The minimum atomic E-state index is 0. The van der Waals surface area contributed by atoms with Gasteiger partial charge in [0.25, 0.3) is 0 Å². The highest BCUT2D eigenvalue weighted by Crippen LogP contribution is 2.19. The van der Waals surface area contributed by atoms with Crippen LogP contribution in [0.5, 0.6) is 0 Å². The van der Waals surface area contributed by atoms with Gasteiger partial charge in [0.05, 0.1) is 12.2 Å². The molecule has 140 valence electrons. The average molecular weight is 472 g/mol. The summed E-state index contributed by atoms with van der Waals surface area (Å²) in [6.45, 7) is 4.86. The summed E-state index contributed by atoms with van der Waals surface area (Å²) in [5.74, 6) is 0.887. The Hall–Kier alpha value is -2.41. The number of benzene rings is 2. The van der Waals surface area contributed by atoms with Gasteiger partial charge in [-0.1, -0.05) is 50.2 Å². The standard InChI is InChI=1S/C22H24N4.HI/c1-16(2)18-8-6-10-20(14-18)26-22(23)25-15-17-7-5-9-19(13-17)21-11-3-4-12-24-21;/h3-14,16H,15H2,1-2H3,(H3,23,25,26);1H. The van der Waals surface area contributed by atoms with E-state index in [4.69, 9.17) is 5.73 Å². The molecule has 4 nitrogen and oxygen atoms in total. The van der Waals surface area contributed by atoms with E-state index >= 15 is 0 Å². The fraction of sp³-hybridized carbons (Fsp3) is 0.182. The lowest BCUT2D eigenvalue weighted by atomic mass is 10.0. The summed E-state index contributed by atoms with van der Waals surface area (Å²) in [6, 6.07) is 22.4. The van der Waals surface area contributed by atoms with Crippen LogP contribution in [0.2, 0.25) is 0 Å². The Morgan fingerprint density at radius 2 is 1.85 bits per heavy atom. The van der Waals surface area contributed by atoms with E-state index in [1.165, 1.54) is 5.56 Å². The second-order valence-electron chi connectivity index (χ2n) is 6.52. The lowest BCUT2D eigenvalue weighted by Crippen LogP contribution is -2.22. The van der Waals surface area contributed by atoms with Crippen LogP contribution in [0.15, 0.2) is 77.9 Å². The van der Waals surface area contributed by atoms with Crippen LogP contribution in [-0.2, 0) is 6.54 Å². The Morgan fingerprint density at radius 1 is 1.04 bits per heavy atom. The van der Waals surface area contributed by atoms with Gasteiger partial charge in [0.15, 0.2) is 5.96 Å². The van der Waals surface area contributed by atoms with Gasteiger partial charge in [-0.25, -0.2) is 4.99 Å². The van der Waals surface area contributed by atoms with Gasteiger partial charge >= 0.3 is 0 Å². The summed E-state index contributed by atoms with van der Waals surface area (Å²) < 4.78 is 0. The van der Waals surface area contributed by atoms with E-state index in [0.717, 1.165) is 22.5 Å². The largest absolute Gasteiger partial charge is 0.370 e. The van der Waals surface area contributed by atoms with Crippen LogP contribution in [0.25, 0.3) is 11.3 Å². The highest BCUT2D eigenvalue weighted by Gasteiger charge is 2.02. The minimum absolute atomic E-state index is 0. The first-order valence-corrected chi connectivity index (χ1v) is 8.79. The van der Waals surface area contributed by atoms with Crippen LogP contribution >= 0.6 is 24.0 Å². The monoisotopic (exact) mass is 472 g/mol. The lowest BCUT2D eigenvalue weighted by Gasteiger charge is -2.10. The number of hydrogen-bond acceptors (Lipinski definition) is 2. The number of hydrogen-bond donors (Lipinski definition) is 2. The molecule has 1 heterocycles. The molecule has 5 heteroatoms. The number of anilines is 1. The van der Waals surface area contributed by atoms with E-state index < -0.39 is 0 Å². The number of aliphatic imine (C=N–C) groups is 1. The van der Waals surface area contributed by atoms with Crippen LogP contribution in [0.3, 0.4) is 0 Å². The van der Waals surface area contributed by atoms with Gasteiger partial charge < -0.3 is 11.1 Å². The van der Waals surface area contributed by atoms with Gasteiger partial charge in [-0.15, -0.1) is 24.0 Å². The maximum Gasteiger partial charge on any atom is 0.193 e. The van der Waals surface area contributed by atoms with E-state index in [1.54, 1.807) is 6.20 Å². The third kappa shape index (κ3) is 6.06. The molecule has 0 spiro atoms. The zero-order chi connectivity index (χ0) is 18.4. The molecule has 3 N–H and O–H groups in total. The highest BCUT2D eigenvalue weighted by atomic mass is 127. The molecular weight excluding hydrogens is 447 g/mol. The van der Waals surface area contributed by atoms with Gasteiger partial charge in [0.2, 0.25) is 0 Å². The quantitative estimate of drug-likeness (QED) is 0.296. The summed E-state index contributed by atoms with van der Waals surface area (Å²) in [5.41, 5.74) is 11.4. The number of pyridine rings is 1. The first-order chi connectivity index (χ1) is 12.6. The maximum atomic E-state index is 6.06. The Morgan fingerprint density at radius 3 is 2.59 bits per heavy atom. The third-order valence-corrected chi connectivity index (χ3v) is 4.15. The van der Waals surface area contributed by atoms with Crippen molar-refractivity contribution in [3.63, 3.8) is 0 Å². The minimum Gasteiger partial charge on any atom is -0.370 e. The molecule has 0 unspecified atom stereocenters. The molecule has 0 bridgehead atoms. The number of rotatable bonds is 5. The summed E-state index contributed by atoms with van der Waals surface area (Å²) in [5, 5.41) is 3.17. The molecule has 2 aromatic carbocycles. The molecule has 0 amide bonds. The van der Waals surface area contributed by atoms with Gasteiger partial charge in [0, 0.05) is 17.4 Å². The molecule has 0 aliphatic rings. The molecule has 3 rings (SSSR count). The summed E-state index contributed by atoms with van der Waals surface area (Å²) in [7, 11) is 0. The molecule has 0 radical (unpaired) electrons. The van der Waals surface area contributed by atoms with Crippen molar-refractivity contribution < 1.29 is 0 Å². The van der Waals surface area contributed by atoms with Gasteiger partial charge in [-0.2, -0.15) is 0 Å². The fourth-order valence-electron chi connectivity index (χ4n) is 2.70. The van der Waals surface area contributed by atoms with Gasteiger partial charge in [-0.05, 0) is 47.4 Å². The number of aromatic nitrogens is 1. The van der Waals surface area contributed by atoms with Crippen molar-refractivity contribution in [3.05, 3.63) is 84.1 Å². The van der Waals surface area contributed by atoms with Crippen LogP contribution in [0.1, 0.15) is 30.9 Å². The second-order valence-corrected chi connectivity index (χ2v) is 6.52. The smallest absolute Gasteiger partial charge is 0.193 e. The first kappa shape index (κ1) is 20.9. The van der Waals surface area contributed by atoms with Crippen LogP contribution in [0, 0.1) is 0 Å². The van der Waals surface area contributed by atoms with Crippen molar-refractivity contribution in [1.82, 2.24) is 4.98 Å². The van der Waals surface area contributed by atoms with Crippen molar-refractivity contribution in [2.45, 2.75) is 26.3 Å². The van der Waals surface area contributed by atoms with Crippen molar-refractivity contribution >= 4 is 35.6 Å². The molecule has 27 heavy (non-hydrogen) atoms. The predicted octanol–water partition coefficient (Wildman–Crippen LogP) is 5.42. The van der Waals surface area contributed by atoms with E-state index in [1.807, 2.05) is 42.5 Å². The summed E-state index contributed by atoms with van der Waals surface area (Å²) >= 11 is 0. The predicted molar refractivity (Wildman–Crippen MR) is 125 cm³/mol. The number of halogens is 1. The van der Waals surface area contributed by atoms with Gasteiger partial charge in [-0.3, -0.25) is 4.98 Å².